The Morgan fingerprint density at radius 3 is 2.80 bits per heavy atom. The van der Waals surface area contributed by atoms with Gasteiger partial charge in [-0.1, -0.05) is 11.6 Å². The highest BCUT2D eigenvalue weighted by molar-refractivity contribution is 9.10. The van der Waals surface area contributed by atoms with Gasteiger partial charge in [-0.15, -0.1) is 0 Å². The summed E-state index contributed by atoms with van der Waals surface area (Å²) in [5.41, 5.74) is 1.17. The van der Waals surface area contributed by atoms with Crippen LogP contribution in [0.15, 0.2) is 16.7 Å². The van der Waals surface area contributed by atoms with Crippen molar-refractivity contribution >= 4 is 27.5 Å². The number of rotatable bonds is 1. The summed E-state index contributed by atoms with van der Waals surface area (Å²) >= 11 is 9.26. The van der Waals surface area contributed by atoms with Gasteiger partial charge in [0.1, 0.15) is 9.76 Å². The number of nitrogens with zero attached hydrogens (tertiary/aromatic N) is 1. The molecule has 2 atom stereocenters. The lowest BCUT2D eigenvalue weighted by Gasteiger charge is -2.29. The van der Waals surface area contributed by atoms with Crippen LogP contribution >= 0.6 is 27.5 Å². The fourth-order valence-corrected chi connectivity index (χ4v) is 2.48. The van der Waals surface area contributed by atoms with Gasteiger partial charge in [-0.25, -0.2) is 4.98 Å². The molecule has 1 fully saturated rings. The Morgan fingerprint density at radius 1 is 1.40 bits per heavy atom. The van der Waals surface area contributed by atoms with Crippen molar-refractivity contribution in [1.29, 1.82) is 0 Å². The van der Waals surface area contributed by atoms with Crippen molar-refractivity contribution in [2.45, 2.75) is 19.0 Å². The first-order valence-electron chi connectivity index (χ1n) is 4.95. The van der Waals surface area contributed by atoms with Crippen LogP contribution in [0.2, 0.25) is 5.15 Å². The molecular weight excluding hydrogens is 277 g/mol. The average Bonchev–Trinajstić information content (AvgIpc) is 2.17. The molecule has 0 spiro atoms. The molecule has 0 aliphatic carbocycles. The van der Waals surface area contributed by atoms with Crippen LogP contribution in [0.4, 0.5) is 0 Å². The fourth-order valence-electron chi connectivity index (χ4n) is 1.70. The molecule has 1 aromatic heterocycles. The standard InChI is InChI=1S/C10H13BrClN3/c1-6-4-14-8(5-13-6)7-2-9(11)15-10(12)3-7/h2-3,6,8,13-14H,4-5H2,1H3/t6-,8?/m0/s1. The van der Waals surface area contributed by atoms with Gasteiger partial charge in [-0.3, -0.25) is 0 Å². The smallest absolute Gasteiger partial charge is 0.130 e. The first-order valence-corrected chi connectivity index (χ1v) is 6.12. The number of nitrogens with one attached hydrogen (secondary N) is 2. The zero-order chi connectivity index (χ0) is 10.8. The largest absolute Gasteiger partial charge is 0.311 e. The van der Waals surface area contributed by atoms with E-state index in [0.29, 0.717) is 17.2 Å². The number of pyridine rings is 1. The van der Waals surface area contributed by atoms with Gasteiger partial charge in [0.05, 0.1) is 0 Å². The molecule has 1 aromatic rings. The number of hydrogen-bond donors (Lipinski definition) is 2. The molecule has 1 unspecified atom stereocenters. The molecule has 0 bridgehead atoms. The van der Waals surface area contributed by atoms with E-state index < -0.39 is 0 Å². The molecule has 2 heterocycles. The van der Waals surface area contributed by atoms with E-state index in [9.17, 15) is 0 Å². The normalized spacial score (nSPS) is 26.6. The van der Waals surface area contributed by atoms with Crippen LogP contribution in [0.1, 0.15) is 18.5 Å². The lowest BCUT2D eigenvalue weighted by Crippen LogP contribution is -2.48. The molecular formula is C10H13BrClN3. The highest BCUT2D eigenvalue weighted by Gasteiger charge is 2.18. The Balaban J connectivity index is 2.15. The topological polar surface area (TPSA) is 37.0 Å². The predicted octanol–water partition coefficient (Wildman–Crippen LogP) is 2.12. The van der Waals surface area contributed by atoms with Crippen molar-refractivity contribution in [3.63, 3.8) is 0 Å². The second-order valence-corrected chi connectivity index (χ2v) is 5.02. The SMILES string of the molecule is C[C@H]1CNC(c2cc(Cl)nc(Br)c2)CN1. The predicted molar refractivity (Wildman–Crippen MR) is 65.2 cm³/mol. The molecule has 82 valence electrons. The monoisotopic (exact) mass is 289 g/mol. The molecule has 15 heavy (non-hydrogen) atoms. The maximum Gasteiger partial charge on any atom is 0.130 e. The Hall–Kier alpha value is -0.160. The number of piperazine rings is 1. The van der Waals surface area contributed by atoms with Crippen molar-refractivity contribution in [2.24, 2.45) is 0 Å². The van der Waals surface area contributed by atoms with E-state index in [1.54, 1.807) is 0 Å². The van der Waals surface area contributed by atoms with E-state index in [2.05, 4.69) is 38.5 Å². The van der Waals surface area contributed by atoms with Crippen LogP contribution in [0.3, 0.4) is 0 Å². The van der Waals surface area contributed by atoms with Gasteiger partial charge in [0.15, 0.2) is 0 Å². The van der Waals surface area contributed by atoms with Crippen LogP contribution in [0.5, 0.6) is 0 Å². The van der Waals surface area contributed by atoms with Crippen LogP contribution in [0, 0.1) is 0 Å². The Kier molecular flexibility index (Phi) is 3.61. The number of hydrogen-bond acceptors (Lipinski definition) is 3. The van der Waals surface area contributed by atoms with Gasteiger partial charge >= 0.3 is 0 Å². The molecule has 3 nitrogen and oxygen atoms in total. The van der Waals surface area contributed by atoms with Crippen LogP contribution in [-0.4, -0.2) is 24.1 Å². The second-order valence-electron chi connectivity index (χ2n) is 3.82. The summed E-state index contributed by atoms with van der Waals surface area (Å²) in [6.07, 6.45) is 0. The molecule has 2 rings (SSSR count). The molecule has 0 saturated carbocycles. The summed E-state index contributed by atoms with van der Waals surface area (Å²) in [4.78, 5) is 4.08. The first-order chi connectivity index (χ1) is 7.15. The zero-order valence-electron chi connectivity index (χ0n) is 8.43. The third-order valence-electron chi connectivity index (χ3n) is 2.53. The van der Waals surface area contributed by atoms with E-state index in [0.717, 1.165) is 17.7 Å². The Bertz CT molecular complexity index is 330. The van der Waals surface area contributed by atoms with Gasteiger partial charge in [0.2, 0.25) is 0 Å². The summed E-state index contributed by atoms with van der Waals surface area (Å²) in [5, 5.41) is 7.43. The molecule has 2 N–H and O–H groups in total. The van der Waals surface area contributed by atoms with Crippen molar-refractivity contribution in [3.8, 4) is 0 Å². The average molecular weight is 291 g/mol. The number of halogens is 2. The van der Waals surface area contributed by atoms with E-state index in [1.807, 2.05) is 12.1 Å². The van der Waals surface area contributed by atoms with Crippen LogP contribution in [0.25, 0.3) is 0 Å². The van der Waals surface area contributed by atoms with Gasteiger partial charge < -0.3 is 10.6 Å². The lowest BCUT2D eigenvalue weighted by atomic mass is 10.1. The van der Waals surface area contributed by atoms with E-state index >= 15 is 0 Å². The summed E-state index contributed by atoms with van der Waals surface area (Å²) < 4.78 is 0.783. The third kappa shape index (κ3) is 2.91. The minimum atomic E-state index is 0.318. The molecule has 0 radical (unpaired) electrons. The maximum absolute atomic E-state index is 5.91. The van der Waals surface area contributed by atoms with Crippen molar-refractivity contribution in [2.75, 3.05) is 13.1 Å². The van der Waals surface area contributed by atoms with Crippen LogP contribution in [-0.2, 0) is 0 Å². The van der Waals surface area contributed by atoms with Crippen molar-refractivity contribution in [1.82, 2.24) is 15.6 Å². The second kappa shape index (κ2) is 4.78. The molecule has 5 heteroatoms. The van der Waals surface area contributed by atoms with Crippen LogP contribution < -0.4 is 10.6 Å². The van der Waals surface area contributed by atoms with Gasteiger partial charge in [-0.2, -0.15) is 0 Å². The molecule has 1 aliphatic heterocycles. The molecule has 0 amide bonds. The third-order valence-corrected chi connectivity index (χ3v) is 3.13. The van der Waals surface area contributed by atoms with Gasteiger partial charge in [-0.05, 0) is 40.5 Å². The lowest BCUT2D eigenvalue weighted by molar-refractivity contribution is 0.366. The summed E-state index contributed by atoms with van der Waals surface area (Å²) in [5.74, 6) is 0. The van der Waals surface area contributed by atoms with E-state index in [-0.39, 0.29) is 0 Å². The quantitative estimate of drug-likeness (QED) is 0.778. The van der Waals surface area contributed by atoms with E-state index in [1.165, 1.54) is 5.56 Å². The minimum Gasteiger partial charge on any atom is -0.311 e. The fraction of sp³-hybridized carbons (Fsp3) is 0.500. The summed E-state index contributed by atoms with van der Waals surface area (Å²) in [7, 11) is 0. The Morgan fingerprint density at radius 2 is 2.20 bits per heavy atom. The molecule has 1 saturated heterocycles. The first kappa shape index (κ1) is 11.3. The highest BCUT2D eigenvalue weighted by atomic mass is 79.9. The van der Waals surface area contributed by atoms with E-state index in [4.69, 9.17) is 11.6 Å². The van der Waals surface area contributed by atoms with Gasteiger partial charge in [0, 0.05) is 25.2 Å². The van der Waals surface area contributed by atoms with Crippen molar-refractivity contribution < 1.29 is 0 Å². The number of aromatic nitrogens is 1. The van der Waals surface area contributed by atoms with Gasteiger partial charge in [0.25, 0.3) is 0 Å². The summed E-state index contributed by atoms with van der Waals surface area (Å²) in [6, 6.07) is 4.75. The highest BCUT2D eigenvalue weighted by Crippen LogP contribution is 2.21. The zero-order valence-corrected chi connectivity index (χ0v) is 10.8. The maximum atomic E-state index is 5.91. The summed E-state index contributed by atoms with van der Waals surface area (Å²) in [6.45, 7) is 4.06. The molecule has 1 aliphatic rings. The Labute approximate surface area is 103 Å². The minimum absolute atomic E-state index is 0.318. The van der Waals surface area contributed by atoms with Crippen molar-refractivity contribution in [3.05, 3.63) is 27.5 Å². The molecule has 0 aromatic carbocycles.